The number of oxazole rings is 1. The maximum absolute atomic E-state index is 9.16. The zero-order valence-electron chi connectivity index (χ0n) is 11.8. The van der Waals surface area contributed by atoms with E-state index in [2.05, 4.69) is 29.8 Å². The number of rotatable bonds is 4. The molecule has 0 N–H and O–H groups in total. The van der Waals surface area contributed by atoms with Crippen LogP contribution in [0.5, 0.6) is 0 Å². The predicted molar refractivity (Wildman–Crippen MR) is 76.0 cm³/mol. The average Bonchev–Trinajstić information content (AvgIpc) is 2.74. The number of hydrogen-bond donors (Lipinski definition) is 0. The van der Waals surface area contributed by atoms with Crippen LogP contribution in [0.25, 0.3) is 11.1 Å². The second-order valence-corrected chi connectivity index (χ2v) is 5.25. The van der Waals surface area contributed by atoms with E-state index in [1.54, 1.807) is 0 Å². The molecule has 4 nitrogen and oxygen atoms in total. The van der Waals surface area contributed by atoms with Crippen molar-refractivity contribution in [2.45, 2.75) is 20.8 Å². The van der Waals surface area contributed by atoms with E-state index in [0.29, 0.717) is 11.8 Å². The van der Waals surface area contributed by atoms with Gasteiger partial charge in [-0.15, -0.1) is 0 Å². The summed E-state index contributed by atoms with van der Waals surface area (Å²) in [6, 6.07) is 8.30. The molecule has 1 atom stereocenters. The summed E-state index contributed by atoms with van der Waals surface area (Å²) in [5, 5.41) is 9.16. The summed E-state index contributed by atoms with van der Waals surface area (Å²) in [5.41, 5.74) is 2.72. The SMILES string of the molecule is Cc1nc2cc(N(C)CC(C#N)C(C)C)ccc2o1. The smallest absolute Gasteiger partial charge is 0.192 e. The maximum atomic E-state index is 9.16. The topological polar surface area (TPSA) is 53.1 Å². The minimum absolute atomic E-state index is 0.0275. The Hall–Kier alpha value is -2.02. The molecule has 1 heterocycles. The van der Waals surface area contributed by atoms with Crippen molar-refractivity contribution < 1.29 is 4.42 Å². The van der Waals surface area contributed by atoms with Gasteiger partial charge in [0.15, 0.2) is 11.5 Å². The van der Waals surface area contributed by atoms with Gasteiger partial charge in [0.2, 0.25) is 0 Å². The van der Waals surface area contributed by atoms with Crippen LogP contribution in [0.4, 0.5) is 5.69 Å². The standard InChI is InChI=1S/C15H19N3O/c1-10(2)12(8-16)9-18(4)13-5-6-15-14(7-13)17-11(3)19-15/h5-7,10,12H,9H2,1-4H3. The molecule has 1 aromatic carbocycles. The van der Waals surface area contributed by atoms with Crippen LogP contribution in [-0.4, -0.2) is 18.6 Å². The molecule has 0 aliphatic heterocycles. The lowest BCUT2D eigenvalue weighted by Crippen LogP contribution is -2.27. The molecule has 2 aromatic rings. The number of anilines is 1. The molecule has 0 saturated carbocycles. The van der Waals surface area contributed by atoms with Crippen molar-refractivity contribution in [3.8, 4) is 6.07 Å². The first-order valence-electron chi connectivity index (χ1n) is 6.49. The van der Waals surface area contributed by atoms with E-state index in [0.717, 1.165) is 23.3 Å². The highest BCUT2D eigenvalue weighted by atomic mass is 16.3. The molecule has 0 fully saturated rings. The molecule has 0 aliphatic carbocycles. The van der Waals surface area contributed by atoms with Crippen LogP contribution < -0.4 is 4.90 Å². The van der Waals surface area contributed by atoms with E-state index in [4.69, 9.17) is 9.68 Å². The molecule has 0 aliphatic rings. The molecule has 0 saturated heterocycles. The van der Waals surface area contributed by atoms with Crippen molar-refractivity contribution in [1.29, 1.82) is 5.26 Å². The minimum Gasteiger partial charge on any atom is -0.441 e. The lowest BCUT2D eigenvalue weighted by atomic mass is 9.97. The first-order chi connectivity index (χ1) is 9.01. The predicted octanol–water partition coefficient (Wildman–Crippen LogP) is 3.37. The number of benzene rings is 1. The van der Waals surface area contributed by atoms with Crippen molar-refractivity contribution in [3.63, 3.8) is 0 Å². The van der Waals surface area contributed by atoms with Gasteiger partial charge in [0.25, 0.3) is 0 Å². The quantitative estimate of drug-likeness (QED) is 0.842. The molecule has 0 amide bonds. The number of fused-ring (bicyclic) bond motifs is 1. The van der Waals surface area contributed by atoms with Crippen LogP contribution >= 0.6 is 0 Å². The number of aryl methyl sites for hydroxylation is 1. The fourth-order valence-corrected chi connectivity index (χ4v) is 2.07. The minimum atomic E-state index is 0.0275. The number of hydrogen-bond acceptors (Lipinski definition) is 4. The molecular weight excluding hydrogens is 238 g/mol. The van der Waals surface area contributed by atoms with E-state index in [-0.39, 0.29) is 5.92 Å². The van der Waals surface area contributed by atoms with Crippen LogP contribution in [-0.2, 0) is 0 Å². The molecule has 100 valence electrons. The molecule has 0 spiro atoms. The molecule has 0 radical (unpaired) electrons. The van der Waals surface area contributed by atoms with E-state index in [1.807, 2.05) is 32.2 Å². The van der Waals surface area contributed by atoms with Gasteiger partial charge in [0.1, 0.15) is 5.52 Å². The lowest BCUT2D eigenvalue weighted by molar-refractivity contribution is 0.477. The Morgan fingerprint density at radius 3 is 2.79 bits per heavy atom. The van der Waals surface area contributed by atoms with Crippen LogP contribution in [0.2, 0.25) is 0 Å². The second kappa shape index (κ2) is 5.31. The van der Waals surface area contributed by atoms with Crippen LogP contribution in [0.1, 0.15) is 19.7 Å². The molecular formula is C15H19N3O. The molecule has 19 heavy (non-hydrogen) atoms. The summed E-state index contributed by atoms with van der Waals surface area (Å²) >= 11 is 0. The fraction of sp³-hybridized carbons (Fsp3) is 0.467. The van der Waals surface area contributed by atoms with Gasteiger partial charge >= 0.3 is 0 Å². The second-order valence-electron chi connectivity index (χ2n) is 5.25. The van der Waals surface area contributed by atoms with Crippen LogP contribution in [0.15, 0.2) is 22.6 Å². The van der Waals surface area contributed by atoms with Crippen molar-refractivity contribution in [1.82, 2.24) is 4.98 Å². The lowest BCUT2D eigenvalue weighted by Gasteiger charge is -2.23. The van der Waals surface area contributed by atoms with E-state index in [1.165, 1.54) is 0 Å². The highest BCUT2D eigenvalue weighted by Crippen LogP contribution is 2.23. The Kier molecular flexibility index (Phi) is 3.75. The normalized spacial score (nSPS) is 12.6. The van der Waals surface area contributed by atoms with Gasteiger partial charge in [-0.05, 0) is 24.1 Å². The molecule has 1 unspecified atom stereocenters. The fourth-order valence-electron chi connectivity index (χ4n) is 2.07. The number of nitrogens with zero attached hydrogens (tertiary/aromatic N) is 3. The molecule has 1 aromatic heterocycles. The highest BCUT2D eigenvalue weighted by molar-refractivity contribution is 5.77. The summed E-state index contributed by atoms with van der Waals surface area (Å²) in [6.07, 6.45) is 0. The summed E-state index contributed by atoms with van der Waals surface area (Å²) < 4.78 is 5.46. The first kappa shape index (κ1) is 13.4. The number of aromatic nitrogens is 1. The Morgan fingerprint density at radius 1 is 1.42 bits per heavy atom. The Labute approximate surface area is 113 Å². The van der Waals surface area contributed by atoms with Gasteiger partial charge in [-0.3, -0.25) is 0 Å². The van der Waals surface area contributed by atoms with Crippen molar-refractivity contribution in [3.05, 3.63) is 24.1 Å². The summed E-state index contributed by atoms with van der Waals surface area (Å²) in [6.45, 7) is 6.71. The maximum Gasteiger partial charge on any atom is 0.192 e. The largest absolute Gasteiger partial charge is 0.441 e. The van der Waals surface area contributed by atoms with Gasteiger partial charge in [-0.25, -0.2) is 4.98 Å². The third kappa shape index (κ3) is 2.87. The third-order valence-corrected chi connectivity index (χ3v) is 3.36. The third-order valence-electron chi connectivity index (χ3n) is 3.36. The van der Waals surface area contributed by atoms with Crippen LogP contribution in [0.3, 0.4) is 0 Å². The van der Waals surface area contributed by atoms with E-state index < -0.39 is 0 Å². The first-order valence-corrected chi connectivity index (χ1v) is 6.49. The monoisotopic (exact) mass is 257 g/mol. The Morgan fingerprint density at radius 2 is 2.16 bits per heavy atom. The Balaban J connectivity index is 2.21. The van der Waals surface area contributed by atoms with Crippen molar-refractivity contribution >= 4 is 16.8 Å². The molecule has 4 heteroatoms. The zero-order valence-corrected chi connectivity index (χ0v) is 11.8. The van der Waals surface area contributed by atoms with Crippen LogP contribution in [0, 0.1) is 30.1 Å². The average molecular weight is 257 g/mol. The van der Waals surface area contributed by atoms with Crippen molar-refractivity contribution in [2.75, 3.05) is 18.5 Å². The van der Waals surface area contributed by atoms with E-state index in [9.17, 15) is 0 Å². The zero-order chi connectivity index (χ0) is 14.0. The highest BCUT2D eigenvalue weighted by Gasteiger charge is 2.15. The van der Waals surface area contributed by atoms with Gasteiger partial charge < -0.3 is 9.32 Å². The van der Waals surface area contributed by atoms with Gasteiger partial charge in [0.05, 0.1) is 12.0 Å². The van der Waals surface area contributed by atoms with Gasteiger partial charge in [0, 0.05) is 26.2 Å². The number of nitriles is 1. The van der Waals surface area contributed by atoms with Gasteiger partial charge in [-0.1, -0.05) is 13.8 Å². The summed E-state index contributed by atoms with van der Waals surface area (Å²) in [4.78, 5) is 6.43. The van der Waals surface area contributed by atoms with Crippen molar-refractivity contribution in [2.24, 2.45) is 11.8 Å². The summed E-state index contributed by atoms with van der Waals surface area (Å²) in [7, 11) is 2.00. The van der Waals surface area contributed by atoms with E-state index >= 15 is 0 Å². The molecule has 2 rings (SSSR count). The summed E-state index contributed by atoms with van der Waals surface area (Å²) in [5.74, 6) is 1.05. The Bertz CT molecular complexity index is 609. The molecule has 0 bridgehead atoms. The van der Waals surface area contributed by atoms with Gasteiger partial charge in [-0.2, -0.15) is 5.26 Å².